The number of alkyl halides is 2. The van der Waals surface area contributed by atoms with E-state index in [4.69, 9.17) is 33.4 Å². The molecule has 0 amide bonds. The van der Waals surface area contributed by atoms with Crippen LogP contribution in [0.4, 0.5) is 0 Å². The zero-order chi connectivity index (χ0) is 13.3. The summed E-state index contributed by atoms with van der Waals surface area (Å²) in [5.41, 5.74) is -0.907. The standard InChI is InChI=1S/C6H10O2.C5H6Cl2O2/c7-6(8)5-3-1-2-4-5;1-4(3(8)9)2-5(4,6)7/h5H,1-4H2,(H,7,8);2H2,1H3,(H,8,9). The molecule has 4 nitrogen and oxygen atoms in total. The van der Waals surface area contributed by atoms with Crippen LogP contribution in [0.15, 0.2) is 0 Å². The smallest absolute Gasteiger partial charge is 0.312 e. The molecule has 0 spiro atoms. The third-order valence-corrected chi connectivity index (χ3v) is 4.54. The van der Waals surface area contributed by atoms with E-state index in [0.717, 1.165) is 25.7 Å². The van der Waals surface area contributed by atoms with Crippen molar-refractivity contribution in [2.45, 2.75) is 43.4 Å². The van der Waals surface area contributed by atoms with Crippen LogP contribution in [-0.4, -0.2) is 26.5 Å². The van der Waals surface area contributed by atoms with E-state index < -0.39 is 21.7 Å². The first-order valence-corrected chi connectivity index (χ1v) is 6.30. The van der Waals surface area contributed by atoms with Crippen molar-refractivity contribution in [2.75, 3.05) is 0 Å². The SMILES string of the molecule is CC1(C(=O)O)CC1(Cl)Cl.O=C(O)C1CCCC1. The van der Waals surface area contributed by atoms with Crippen molar-refractivity contribution in [2.24, 2.45) is 11.3 Å². The highest BCUT2D eigenvalue weighted by atomic mass is 35.5. The second-order valence-corrected chi connectivity index (χ2v) is 6.32. The number of carboxylic acids is 2. The summed E-state index contributed by atoms with van der Waals surface area (Å²) in [6, 6.07) is 0. The van der Waals surface area contributed by atoms with Crippen LogP contribution < -0.4 is 0 Å². The van der Waals surface area contributed by atoms with Gasteiger partial charge in [-0.3, -0.25) is 9.59 Å². The van der Waals surface area contributed by atoms with E-state index in [1.807, 2.05) is 0 Å². The Morgan fingerprint density at radius 2 is 1.59 bits per heavy atom. The number of rotatable bonds is 2. The van der Waals surface area contributed by atoms with Crippen LogP contribution in [0.2, 0.25) is 0 Å². The lowest BCUT2D eigenvalue weighted by Gasteiger charge is -2.02. The molecular weight excluding hydrogens is 267 g/mol. The van der Waals surface area contributed by atoms with Crippen molar-refractivity contribution >= 4 is 35.1 Å². The van der Waals surface area contributed by atoms with Crippen molar-refractivity contribution in [1.82, 2.24) is 0 Å². The maximum atomic E-state index is 10.3. The number of halogens is 2. The quantitative estimate of drug-likeness (QED) is 0.764. The van der Waals surface area contributed by atoms with Crippen LogP contribution in [-0.2, 0) is 9.59 Å². The molecular formula is C11H16Cl2O4. The highest BCUT2D eigenvalue weighted by Crippen LogP contribution is 2.63. The number of aliphatic carboxylic acids is 2. The molecule has 17 heavy (non-hydrogen) atoms. The van der Waals surface area contributed by atoms with Gasteiger partial charge in [-0.15, -0.1) is 23.2 Å². The largest absolute Gasteiger partial charge is 0.481 e. The Labute approximate surface area is 110 Å². The van der Waals surface area contributed by atoms with Gasteiger partial charge in [-0.25, -0.2) is 0 Å². The van der Waals surface area contributed by atoms with Gasteiger partial charge in [0.05, 0.1) is 5.92 Å². The first-order chi connectivity index (χ1) is 7.71. The molecule has 98 valence electrons. The highest BCUT2D eigenvalue weighted by Gasteiger charge is 2.68. The third kappa shape index (κ3) is 3.26. The summed E-state index contributed by atoms with van der Waals surface area (Å²) in [4.78, 5) is 20.5. The van der Waals surface area contributed by atoms with Crippen LogP contribution in [0.1, 0.15) is 39.0 Å². The summed E-state index contributed by atoms with van der Waals surface area (Å²) in [5.74, 6) is -1.55. The lowest BCUT2D eigenvalue weighted by Crippen LogP contribution is -2.16. The maximum Gasteiger partial charge on any atom is 0.312 e. The Kier molecular flexibility index (Phi) is 4.31. The van der Waals surface area contributed by atoms with Crippen LogP contribution >= 0.6 is 23.2 Å². The van der Waals surface area contributed by atoms with Gasteiger partial charge in [0.1, 0.15) is 9.75 Å². The van der Waals surface area contributed by atoms with Gasteiger partial charge in [0, 0.05) is 6.42 Å². The summed E-state index contributed by atoms with van der Waals surface area (Å²) in [7, 11) is 0. The molecule has 2 fully saturated rings. The topological polar surface area (TPSA) is 74.6 Å². The number of hydrogen-bond donors (Lipinski definition) is 2. The lowest BCUT2D eigenvalue weighted by atomic mass is 10.1. The van der Waals surface area contributed by atoms with E-state index in [1.165, 1.54) is 6.92 Å². The van der Waals surface area contributed by atoms with Gasteiger partial charge in [0.25, 0.3) is 0 Å². The summed E-state index contributed by atoms with van der Waals surface area (Å²) < 4.78 is -1.03. The maximum absolute atomic E-state index is 10.3. The molecule has 2 aliphatic carbocycles. The van der Waals surface area contributed by atoms with Crippen molar-refractivity contribution in [3.8, 4) is 0 Å². The molecule has 2 N–H and O–H groups in total. The Morgan fingerprint density at radius 1 is 1.18 bits per heavy atom. The molecule has 0 bridgehead atoms. The lowest BCUT2D eigenvalue weighted by molar-refractivity contribution is -0.143. The molecule has 0 saturated heterocycles. The average Bonchev–Trinajstić information content (AvgIpc) is 2.65. The molecule has 2 rings (SSSR count). The van der Waals surface area contributed by atoms with Gasteiger partial charge in [0.15, 0.2) is 0 Å². The predicted octanol–water partition coefficient (Wildman–Crippen LogP) is 2.92. The normalized spacial score (nSPS) is 30.3. The van der Waals surface area contributed by atoms with Gasteiger partial charge in [-0.1, -0.05) is 12.8 Å². The molecule has 0 aromatic rings. The minimum atomic E-state index is -1.03. The van der Waals surface area contributed by atoms with Crippen LogP contribution in [0, 0.1) is 11.3 Å². The highest BCUT2D eigenvalue weighted by molar-refractivity contribution is 6.53. The van der Waals surface area contributed by atoms with Gasteiger partial charge < -0.3 is 10.2 Å². The van der Waals surface area contributed by atoms with E-state index in [-0.39, 0.29) is 5.92 Å². The van der Waals surface area contributed by atoms with Crippen molar-refractivity contribution < 1.29 is 19.8 Å². The van der Waals surface area contributed by atoms with E-state index in [1.54, 1.807) is 0 Å². The monoisotopic (exact) mass is 282 g/mol. The molecule has 0 heterocycles. The fourth-order valence-electron chi connectivity index (χ4n) is 1.80. The molecule has 0 aliphatic heterocycles. The summed E-state index contributed by atoms with van der Waals surface area (Å²) in [5, 5.41) is 16.9. The minimum absolute atomic E-state index is 0.0185. The van der Waals surface area contributed by atoms with Crippen LogP contribution in [0.25, 0.3) is 0 Å². The van der Waals surface area contributed by atoms with E-state index >= 15 is 0 Å². The summed E-state index contributed by atoms with van der Waals surface area (Å²) in [6.07, 6.45) is 4.36. The minimum Gasteiger partial charge on any atom is -0.481 e. The molecule has 2 saturated carbocycles. The van der Waals surface area contributed by atoms with Crippen LogP contribution in [0.3, 0.4) is 0 Å². The van der Waals surface area contributed by atoms with E-state index in [0.29, 0.717) is 6.42 Å². The van der Waals surface area contributed by atoms with Gasteiger partial charge in [-0.05, 0) is 19.8 Å². The zero-order valence-corrected chi connectivity index (χ0v) is 11.1. The molecule has 1 unspecified atom stereocenters. The number of carbonyl (C=O) groups is 2. The first kappa shape index (κ1) is 14.6. The van der Waals surface area contributed by atoms with Gasteiger partial charge in [-0.2, -0.15) is 0 Å². The van der Waals surface area contributed by atoms with Crippen molar-refractivity contribution in [3.63, 3.8) is 0 Å². The average molecular weight is 283 g/mol. The second kappa shape index (κ2) is 5.02. The Morgan fingerprint density at radius 3 is 1.71 bits per heavy atom. The summed E-state index contributed by atoms with van der Waals surface area (Å²) >= 11 is 11.1. The fraction of sp³-hybridized carbons (Fsp3) is 0.818. The molecule has 0 aromatic heterocycles. The molecule has 1 atom stereocenters. The predicted molar refractivity (Wildman–Crippen MR) is 64.4 cm³/mol. The van der Waals surface area contributed by atoms with Crippen molar-refractivity contribution in [1.29, 1.82) is 0 Å². The number of hydrogen-bond acceptors (Lipinski definition) is 2. The van der Waals surface area contributed by atoms with E-state index in [2.05, 4.69) is 0 Å². The Bertz CT molecular complexity index is 323. The summed E-state index contributed by atoms with van der Waals surface area (Å²) in [6.45, 7) is 1.54. The van der Waals surface area contributed by atoms with Crippen molar-refractivity contribution in [3.05, 3.63) is 0 Å². The number of carboxylic acid groups (broad SMARTS) is 2. The molecule has 0 radical (unpaired) electrons. The fourth-order valence-corrected chi connectivity index (χ4v) is 2.50. The van der Waals surface area contributed by atoms with Gasteiger partial charge >= 0.3 is 11.9 Å². The molecule has 2 aliphatic rings. The molecule has 0 aromatic carbocycles. The van der Waals surface area contributed by atoms with Gasteiger partial charge in [0.2, 0.25) is 0 Å². The van der Waals surface area contributed by atoms with Crippen LogP contribution in [0.5, 0.6) is 0 Å². The Balaban J connectivity index is 0.000000171. The second-order valence-electron chi connectivity index (χ2n) is 4.84. The Hall–Kier alpha value is -0.480. The molecule has 6 heteroatoms. The van der Waals surface area contributed by atoms with E-state index in [9.17, 15) is 9.59 Å². The first-order valence-electron chi connectivity index (χ1n) is 5.55. The third-order valence-electron chi connectivity index (χ3n) is 3.43. The zero-order valence-electron chi connectivity index (χ0n) is 9.58.